The normalized spacial score (nSPS) is 14.1. The van der Waals surface area contributed by atoms with Crippen LogP contribution in [-0.2, 0) is 4.79 Å². The molecule has 0 radical (unpaired) electrons. The molecule has 5 nitrogen and oxygen atoms in total. The Labute approximate surface area is 236 Å². The minimum atomic E-state index is -1.15. The summed E-state index contributed by atoms with van der Waals surface area (Å²) in [5.41, 5.74) is 0. The van der Waals surface area contributed by atoms with E-state index < -0.39 is 18.2 Å². The summed E-state index contributed by atoms with van der Waals surface area (Å²) in [6.45, 7) is 4.09. The first-order chi connectivity index (χ1) is 18.6. The average Bonchev–Trinajstić information content (AvgIpc) is 2.92. The van der Waals surface area contributed by atoms with Crippen LogP contribution in [0.15, 0.2) is 12.2 Å². The minimum Gasteiger partial charge on any atom is -0.394 e. The third kappa shape index (κ3) is 24.2. The molecule has 0 aliphatic carbocycles. The molecule has 226 valence electrons. The highest BCUT2D eigenvalue weighted by molar-refractivity contribution is 5.76. The van der Waals surface area contributed by atoms with Crippen molar-refractivity contribution in [1.29, 1.82) is 0 Å². The van der Waals surface area contributed by atoms with Crippen LogP contribution in [0.25, 0.3) is 0 Å². The van der Waals surface area contributed by atoms with Crippen LogP contribution < -0.4 is 5.32 Å². The summed E-state index contributed by atoms with van der Waals surface area (Å²) < 4.78 is 0. The number of aliphatic hydroxyl groups excluding tert-OH is 3. The van der Waals surface area contributed by atoms with Gasteiger partial charge in [0.25, 0.3) is 0 Å². The largest absolute Gasteiger partial charge is 0.394 e. The van der Waals surface area contributed by atoms with E-state index in [1.165, 1.54) is 103 Å². The Bertz CT molecular complexity index is 525. The summed E-state index contributed by atoms with van der Waals surface area (Å²) in [7, 11) is 0. The first-order valence-corrected chi connectivity index (χ1v) is 16.5. The second-order valence-corrected chi connectivity index (χ2v) is 11.4. The molecule has 0 aromatic rings. The van der Waals surface area contributed by atoms with E-state index in [1.54, 1.807) is 0 Å². The zero-order valence-electron chi connectivity index (χ0n) is 25.3. The second-order valence-electron chi connectivity index (χ2n) is 11.4. The summed E-state index contributed by atoms with van der Waals surface area (Å²) in [4.78, 5) is 12.3. The molecule has 0 fully saturated rings. The van der Waals surface area contributed by atoms with Gasteiger partial charge in [-0.3, -0.25) is 4.79 Å². The van der Waals surface area contributed by atoms with E-state index in [0.29, 0.717) is 12.8 Å². The molecular formula is C33H65NO4. The number of allylic oxidation sites excluding steroid dienone is 2. The molecule has 0 saturated carbocycles. The molecule has 0 aromatic carbocycles. The highest BCUT2D eigenvalue weighted by Gasteiger charge is 2.26. The van der Waals surface area contributed by atoms with E-state index >= 15 is 0 Å². The zero-order valence-corrected chi connectivity index (χ0v) is 25.3. The Hall–Kier alpha value is -0.910. The van der Waals surface area contributed by atoms with E-state index in [1.807, 2.05) is 0 Å². The van der Waals surface area contributed by atoms with E-state index in [2.05, 4.69) is 31.3 Å². The van der Waals surface area contributed by atoms with Crippen molar-refractivity contribution < 1.29 is 20.1 Å². The first kappa shape index (κ1) is 37.1. The lowest BCUT2D eigenvalue weighted by Crippen LogP contribution is -2.50. The van der Waals surface area contributed by atoms with Gasteiger partial charge in [-0.25, -0.2) is 0 Å². The first-order valence-electron chi connectivity index (χ1n) is 16.5. The molecular weight excluding hydrogens is 474 g/mol. The van der Waals surface area contributed by atoms with Crippen LogP contribution in [0.3, 0.4) is 0 Å². The second kappa shape index (κ2) is 29.1. The zero-order chi connectivity index (χ0) is 28.1. The maximum absolute atomic E-state index is 12.3. The molecule has 0 aromatic heterocycles. The van der Waals surface area contributed by atoms with Crippen molar-refractivity contribution in [1.82, 2.24) is 5.32 Å². The van der Waals surface area contributed by atoms with Crippen molar-refractivity contribution in [2.45, 2.75) is 186 Å². The summed E-state index contributed by atoms with van der Waals surface area (Å²) >= 11 is 0. The van der Waals surface area contributed by atoms with Crippen LogP contribution in [0.1, 0.15) is 168 Å². The number of amides is 1. The van der Waals surface area contributed by atoms with Gasteiger partial charge in [0, 0.05) is 6.42 Å². The SMILES string of the molecule is CCCCC/C=C/CCCC(O)C(O)C(CO)NC(=O)CCCCCCCCCCCCCCCCCC. The van der Waals surface area contributed by atoms with Crippen molar-refractivity contribution in [2.24, 2.45) is 0 Å². The van der Waals surface area contributed by atoms with Gasteiger partial charge in [-0.1, -0.05) is 135 Å². The van der Waals surface area contributed by atoms with Crippen molar-refractivity contribution in [3.05, 3.63) is 12.2 Å². The standard InChI is InChI=1S/C33H65NO4/c1-3-5-7-9-11-13-14-15-16-17-18-19-20-22-24-26-28-32(37)34-30(29-35)33(38)31(36)27-25-23-21-12-10-8-6-4-2/h12,21,30-31,33,35-36,38H,3-11,13-20,22-29H2,1-2H3,(H,34,37)/b21-12+. The molecule has 0 rings (SSSR count). The van der Waals surface area contributed by atoms with Crippen LogP contribution >= 0.6 is 0 Å². The molecule has 1 amide bonds. The maximum atomic E-state index is 12.3. The van der Waals surface area contributed by atoms with Gasteiger partial charge in [-0.15, -0.1) is 0 Å². The summed E-state index contributed by atoms with van der Waals surface area (Å²) in [5, 5.41) is 33.0. The number of hydrogen-bond acceptors (Lipinski definition) is 4. The Morgan fingerprint density at radius 2 is 1.05 bits per heavy atom. The number of unbranched alkanes of at least 4 members (excludes halogenated alkanes) is 19. The molecule has 0 heterocycles. The third-order valence-corrected chi connectivity index (χ3v) is 7.62. The number of hydrogen-bond donors (Lipinski definition) is 4. The van der Waals surface area contributed by atoms with E-state index in [-0.39, 0.29) is 12.5 Å². The molecule has 38 heavy (non-hydrogen) atoms. The molecule has 3 atom stereocenters. The number of nitrogens with one attached hydrogen (secondary N) is 1. The maximum Gasteiger partial charge on any atom is 0.220 e. The fraction of sp³-hybridized carbons (Fsp3) is 0.909. The Balaban J connectivity index is 3.69. The molecule has 3 unspecified atom stereocenters. The lowest BCUT2D eigenvalue weighted by Gasteiger charge is -2.26. The lowest BCUT2D eigenvalue weighted by molar-refractivity contribution is -0.124. The Kier molecular flexibility index (Phi) is 28.4. The van der Waals surface area contributed by atoms with Crippen LogP contribution in [0.4, 0.5) is 0 Å². The molecule has 0 aliphatic rings. The third-order valence-electron chi connectivity index (χ3n) is 7.62. The molecule has 4 N–H and O–H groups in total. The number of carbonyl (C=O) groups is 1. The van der Waals surface area contributed by atoms with Crippen LogP contribution in [-0.4, -0.2) is 46.1 Å². The minimum absolute atomic E-state index is 0.157. The van der Waals surface area contributed by atoms with Crippen molar-refractivity contribution in [2.75, 3.05) is 6.61 Å². The van der Waals surface area contributed by atoms with Gasteiger partial charge in [0.15, 0.2) is 0 Å². The summed E-state index contributed by atoms with van der Waals surface area (Å²) in [6.07, 6.45) is 30.3. The molecule has 0 spiro atoms. The lowest BCUT2D eigenvalue weighted by atomic mass is 10.0. The molecule has 0 saturated heterocycles. The van der Waals surface area contributed by atoms with Crippen molar-refractivity contribution in [3.8, 4) is 0 Å². The van der Waals surface area contributed by atoms with Gasteiger partial charge >= 0.3 is 0 Å². The van der Waals surface area contributed by atoms with E-state index in [0.717, 1.165) is 38.5 Å². The fourth-order valence-electron chi connectivity index (χ4n) is 4.98. The van der Waals surface area contributed by atoms with Gasteiger partial charge in [0.2, 0.25) is 5.91 Å². The van der Waals surface area contributed by atoms with Crippen molar-refractivity contribution in [3.63, 3.8) is 0 Å². The van der Waals surface area contributed by atoms with Gasteiger partial charge < -0.3 is 20.6 Å². The number of rotatable bonds is 29. The van der Waals surface area contributed by atoms with Gasteiger partial charge in [-0.2, -0.15) is 0 Å². The molecule has 0 bridgehead atoms. The highest BCUT2D eigenvalue weighted by Crippen LogP contribution is 2.14. The van der Waals surface area contributed by atoms with Crippen LogP contribution in [0.2, 0.25) is 0 Å². The van der Waals surface area contributed by atoms with Crippen molar-refractivity contribution >= 4 is 5.91 Å². The van der Waals surface area contributed by atoms with Gasteiger partial charge in [0.05, 0.1) is 18.8 Å². The van der Waals surface area contributed by atoms with E-state index in [9.17, 15) is 20.1 Å². The van der Waals surface area contributed by atoms with Crippen LogP contribution in [0.5, 0.6) is 0 Å². The Morgan fingerprint density at radius 3 is 1.53 bits per heavy atom. The Morgan fingerprint density at radius 1 is 0.632 bits per heavy atom. The van der Waals surface area contributed by atoms with E-state index in [4.69, 9.17) is 0 Å². The summed E-state index contributed by atoms with van der Waals surface area (Å²) in [6, 6.07) is -0.817. The predicted molar refractivity (Wildman–Crippen MR) is 162 cm³/mol. The quantitative estimate of drug-likeness (QED) is 0.0570. The van der Waals surface area contributed by atoms with Gasteiger partial charge in [-0.05, 0) is 38.5 Å². The fourth-order valence-corrected chi connectivity index (χ4v) is 4.98. The van der Waals surface area contributed by atoms with Gasteiger partial charge in [0.1, 0.15) is 6.10 Å². The smallest absolute Gasteiger partial charge is 0.220 e. The molecule has 0 aliphatic heterocycles. The average molecular weight is 540 g/mol. The number of aliphatic hydroxyl groups is 3. The molecule has 5 heteroatoms. The monoisotopic (exact) mass is 539 g/mol. The topological polar surface area (TPSA) is 89.8 Å². The summed E-state index contributed by atoms with van der Waals surface area (Å²) in [5.74, 6) is -0.157. The number of carbonyl (C=O) groups excluding carboxylic acids is 1. The van der Waals surface area contributed by atoms with Crippen LogP contribution in [0, 0.1) is 0 Å². The predicted octanol–water partition coefficient (Wildman–Crippen LogP) is 8.14. The highest BCUT2D eigenvalue weighted by atomic mass is 16.3.